The molecule has 0 radical (unpaired) electrons. The van der Waals surface area contributed by atoms with Crippen molar-refractivity contribution in [3.8, 4) is 0 Å². The van der Waals surface area contributed by atoms with Crippen LogP contribution in [0.25, 0.3) is 0 Å². The Morgan fingerprint density at radius 3 is 2.00 bits per heavy atom. The monoisotopic (exact) mass is 216 g/mol. The first kappa shape index (κ1) is 11.4. The molecule has 1 rings (SSSR count). The predicted molar refractivity (Wildman–Crippen MR) is 46.3 cm³/mol. The average molecular weight is 216 g/mol. The molecule has 80 valence electrons. The Morgan fingerprint density at radius 2 is 1.60 bits per heavy atom. The van der Waals surface area contributed by atoms with E-state index in [9.17, 15) is 22.8 Å². The fourth-order valence-corrected chi connectivity index (χ4v) is 1.18. The number of benzene rings is 1. The minimum Gasteiger partial charge on any atom is -0.292 e. The molecule has 0 bridgehead atoms. The number of ketones is 1. The van der Waals surface area contributed by atoms with Crippen molar-refractivity contribution in [1.29, 1.82) is 0 Å². The van der Waals surface area contributed by atoms with Crippen molar-refractivity contribution in [2.45, 2.75) is 12.3 Å². The van der Waals surface area contributed by atoms with Crippen LogP contribution in [0.2, 0.25) is 0 Å². The molecule has 0 spiro atoms. The van der Waals surface area contributed by atoms with E-state index < -0.39 is 24.2 Å². The first-order chi connectivity index (χ1) is 7.04. The second-order valence-corrected chi connectivity index (χ2v) is 2.85. The van der Waals surface area contributed by atoms with Gasteiger partial charge < -0.3 is 0 Å². The van der Waals surface area contributed by atoms with Gasteiger partial charge in [0.1, 0.15) is 5.92 Å². The Kier molecular flexibility index (Phi) is 3.60. The number of carbonyl (C=O) groups excluding carboxylic acids is 2. The van der Waals surface area contributed by atoms with Crippen molar-refractivity contribution < 1.29 is 22.8 Å². The van der Waals surface area contributed by atoms with E-state index in [0.717, 1.165) is 0 Å². The van der Waals surface area contributed by atoms with Gasteiger partial charge in [-0.2, -0.15) is 4.39 Å². The summed E-state index contributed by atoms with van der Waals surface area (Å²) in [7, 11) is 0. The van der Waals surface area contributed by atoms with Crippen molar-refractivity contribution in [1.82, 2.24) is 0 Å². The van der Waals surface area contributed by atoms with Crippen LogP contribution < -0.4 is 0 Å². The van der Waals surface area contributed by atoms with Gasteiger partial charge >= 0.3 is 6.04 Å². The van der Waals surface area contributed by atoms with Crippen LogP contribution in [0.1, 0.15) is 11.5 Å². The summed E-state index contributed by atoms with van der Waals surface area (Å²) in [4.78, 5) is 21.3. The number of hydrogen-bond donors (Lipinski definition) is 0. The highest BCUT2D eigenvalue weighted by Crippen LogP contribution is 2.21. The molecule has 15 heavy (non-hydrogen) atoms. The smallest absolute Gasteiger partial charge is 0.292 e. The molecule has 2 nitrogen and oxygen atoms in total. The van der Waals surface area contributed by atoms with Crippen molar-refractivity contribution in [2.75, 3.05) is 0 Å². The van der Waals surface area contributed by atoms with Gasteiger partial charge in [-0.25, -0.2) is 8.78 Å². The minimum absolute atomic E-state index is 0.0599. The van der Waals surface area contributed by atoms with Crippen molar-refractivity contribution >= 4 is 11.8 Å². The summed E-state index contributed by atoms with van der Waals surface area (Å²) in [6.07, 6.45) is -3.35. The van der Waals surface area contributed by atoms with E-state index in [1.807, 2.05) is 0 Å². The molecule has 0 saturated heterocycles. The van der Waals surface area contributed by atoms with Crippen LogP contribution >= 0.6 is 0 Å². The molecule has 0 heterocycles. The third-order valence-electron chi connectivity index (χ3n) is 1.86. The molecule has 0 saturated carbocycles. The minimum atomic E-state index is -3.35. The van der Waals surface area contributed by atoms with Crippen LogP contribution in [0.5, 0.6) is 0 Å². The summed E-state index contributed by atoms with van der Waals surface area (Å²) >= 11 is 0. The van der Waals surface area contributed by atoms with E-state index >= 15 is 0 Å². The average Bonchev–Trinajstić information content (AvgIpc) is 2.18. The zero-order valence-corrected chi connectivity index (χ0v) is 7.49. The molecular formula is C10H7F3O2. The molecule has 0 N–H and O–H groups in total. The lowest BCUT2D eigenvalue weighted by Gasteiger charge is -2.09. The number of halogens is 3. The summed E-state index contributed by atoms with van der Waals surface area (Å²) in [5, 5.41) is 0. The first-order valence-electron chi connectivity index (χ1n) is 4.10. The van der Waals surface area contributed by atoms with Gasteiger partial charge in [-0.15, -0.1) is 0 Å². The number of hydrogen-bond acceptors (Lipinski definition) is 2. The zero-order chi connectivity index (χ0) is 11.4. The largest absolute Gasteiger partial charge is 0.316 e. The molecule has 1 atom stereocenters. The molecule has 0 fully saturated rings. The number of Topliss-reactive ketones (excluding diaryl/α,β-unsaturated/α-hetero) is 1. The molecule has 1 unspecified atom stereocenters. The van der Waals surface area contributed by atoms with E-state index in [1.54, 1.807) is 6.07 Å². The van der Waals surface area contributed by atoms with E-state index in [1.165, 1.54) is 24.3 Å². The van der Waals surface area contributed by atoms with Crippen LogP contribution in [0.15, 0.2) is 30.3 Å². The molecule has 1 aromatic carbocycles. The SMILES string of the molecule is O=C(F)C(C(=O)C(F)F)c1ccccc1. The maximum absolute atomic E-state index is 12.5. The van der Waals surface area contributed by atoms with E-state index in [0.29, 0.717) is 0 Å². The summed E-state index contributed by atoms with van der Waals surface area (Å²) in [6.45, 7) is 0. The molecule has 0 aromatic heterocycles. The summed E-state index contributed by atoms with van der Waals surface area (Å²) in [5.41, 5.74) is -0.0599. The van der Waals surface area contributed by atoms with Gasteiger partial charge in [0.15, 0.2) is 0 Å². The van der Waals surface area contributed by atoms with Gasteiger partial charge in [-0.1, -0.05) is 30.3 Å². The third kappa shape index (κ3) is 2.65. The van der Waals surface area contributed by atoms with E-state index in [-0.39, 0.29) is 5.56 Å². The highest BCUT2D eigenvalue weighted by atomic mass is 19.3. The highest BCUT2D eigenvalue weighted by molar-refractivity contribution is 6.05. The quantitative estimate of drug-likeness (QED) is 0.570. The van der Waals surface area contributed by atoms with Gasteiger partial charge in [-0.3, -0.25) is 9.59 Å². The number of alkyl halides is 2. The number of rotatable bonds is 4. The molecule has 0 aliphatic rings. The molecule has 0 aliphatic carbocycles. The Hall–Kier alpha value is -1.65. The Bertz CT molecular complexity index is 362. The molecule has 1 aromatic rings. The number of carbonyl (C=O) groups is 2. The fourth-order valence-electron chi connectivity index (χ4n) is 1.18. The van der Waals surface area contributed by atoms with Crippen LogP contribution in [-0.2, 0) is 9.59 Å². The van der Waals surface area contributed by atoms with Crippen molar-refractivity contribution in [2.24, 2.45) is 0 Å². The second kappa shape index (κ2) is 4.72. The fraction of sp³-hybridized carbons (Fsp3) is 0.200. The normalized spacial score (nSPS) is 12.5. The van der Waals surface area contributed by atoms with E-state index in [2.05, 4.69) is 0 Å². The van der Waals surface area contributed by atoms with Gasteiger partial charge in [0.25, 0.3) is 6.43 Å². The summed E-state index contributed by atoms with van der Waals surface area (Å²) in [5.74, 6) is -3.72. The predicted octanol–water partition coefficient (Wildman–Crippen LogP) is 2.10. The Labute approximate surface area is 83.7 Å². The second-order valence-electron chi connectivity index (χ2n) is 2.85. The molecule has 0 amide bonds. The van der Waals surface area contributed by atoms with Crippen LogP contribution in [0, 0.1) is 0 Å². The lowest BCUT2D eigenvalue weighted by atomic mass is 9.95. The standard InChI is InChI=1S/C10H7F3O2/c11-9(12)8(14)7(10(13)15)6-4-2-1-3-5-6/h1-5,7,9H. The Morgan fingerprint density at radius 1 is 1.07 bits per heavy atom. The topological polar surface area (TPSA) is 34.1 Å². The maximum Gasteiger partial charge on any atom is 0.316 e. The van der Waals surface area contributed by atoms with Gasteiger partial charge in [0.2, 0.25) is 5.78 Å². The first-order valence-corrected chi connectivity index (χ1v) is 4.10. The van der Waals surface area contributed by atoms with Gasteiger partial charge in [0, 0.05) is 0 Å². The van der Waals surface area contributed by atoms with Crippen molar-refractivity contribution in [3.05, 3.63) is 35.9 Å². The lowest BCUT2D eigenvalue weighted by Crippen LogP contribution is -2.24. The molecular weight excluding hydrogens is 209 g/mol. The Balaban J connectivity index is 3.05. The lowest BCUT2D eigenvalue weighted by molar-refractivity contribution is -0.141. The van der Waals surface area contributed by atoms with E-state index in [4.69, 9.17) is 0 Å². The van der Waals surface area contributed by atoms with Crippen molar-refractivity contribution in [3.63, 3.8) is 0 Å². The summed E-state index contributed by atoms with van der Waals surface area (Å²) < 4.78 is 36.6. The molecule has 5 heteroatoms. The third-order valence-corrected chi connectivity index (χ3v) is 1.86. The van der Waals surface area contributed by atoms with Gasteiger partial charge in [0.05, 0.1) is 0 Å². The van der Waals surface area contributed by atoms with Gasteiger partial charge in [-0.05, 0) is 5.56 Å². The zero-order valence-electron chi connectivity index (χ0n) is 7.49. The van der Waals surface area contributed by atoms with Crippen LogP contribution in [-0.4, -0.2) is 18.2 Å². The van der Waals surface area contributed by atoms with Crippen LogP contribution in [0.3, 0.4) is 0 Å². The summed E-state index contributed by atoms with van der Waals surface area (Å²) in [6, 6.07) is 4.88. The maximum atomic E-state index is 12.5. The van der Waals surface area contributed by atoms with Crippen LogP contribution in [0.4, 0.5) is 13.2 Å². The molecule has 0 aliphatic heterocycles. The highest BCUT2D eigenvalue weighted by Gasteiger charge is 2.34.